The van der Waals surface area contributed by atoms with Gasteiger partial charge < -0.3 is 14.6 Å². The summed E-state index contributed by atoms with van der Waals surface area (Å²) in [6.07, 6.45) is -1.73. The highest BCUT2D eigenvalue weighted by atomic mass is 19.4. The summed E-state index contributed by atoms with van der Waals surface area (Å²) >= 11 is 0. The molecule has 4 aromatic rings. The SMILES string of the molecule is CC=O.Fc1ccccc1Cn1nc(-c2ncc(F)c(NCC(F)(F)F)n2)cc1-c1ccon1. The molecule has 0 saturated heterocycles. The minimum absolute atomic E-state index is 0.0231. The second-order valence-corrected chi connectivity index (χ2v) is 6.64. The minimum Gasteiger partial charge on any atom is -0.364 e. The Balaban J connectivity index is 0.00000103. The maximum absolute atomic E-state index is 14.1. The van der Waals surface area contributed by atoms with E-state index >= 15 is 0 Å². The first kappa shape index (κ1) is 24.5. The van der Waals surface area contributed by atoms with Crippen molar-refractivity contribution in [3.63, 3.8) is 0 Å². The van der Waals surface area contributed by atoms with Gasteiger partial charge in [-0.05, 0) is 19.1 Å². The molecule has 0 aliphatic rings. The normalized spacial score (nSPS) is 11.0. The fourth-order valence-corrected chi connectivity index (χ4v) is 2.78. The summed E-state index contributed by atoms with van der Waals surface area (Å²) in [6, 6.07) is 9.15. The number of anilines is 1. The van der Waals surface area contributed by atoms with Crippen LogP contribution in [-0.2, 0) is 11.3 Å². The molecule has 0 fully saturated rings. The lowest BCUT2D eigenvalue weighted by Gasteiger charge is -2.09. The Hall–Kier alpha value is -4.16. The van der Waals surface area contributed by atoms with Gasteiger partial charge in [0.1, 0.15) is 36.3 Å². The molecule has 0 unspecified atom stereocenters. The number of hydrogen-bond acceptors (Lipinski definition) is 7. The van der Waals surface area contributed by atoms with Crippen LogP contribution in [0.15, 0.2) is 53.4 Å². The van der Waals surface area contributed by atoms with Crippen molar-refractivity contribution in [2.75, 3.05) is 11.9 Å². The van der Waals surface area contributed by atoms with Crippen LogP contribution < -0.4 is 5.32 Å². The molecule has 1 N–H and O–H groups in total. The molecule has 0 bridgehead atoms. The molecule has 4 rings (SSSR count). The standard InChI is InChI=1S/C19H13F5N6O.C2H4O/c20-12-4-2-1-3-11(12)9-30-16(14-5-6-31-29-14)7-15(28-30)18-25-8-13(21)17(27-18)26-10-19(22,23)24;1-2-3/h1-8H,9-10H2,(H,25,26,27);2H,1H3. The summed E-state index contributed by atoms with van der Waals surface area (Å²) < 4.78 is 71.6. The Kier molecular flexibility index (Phi) is 7.66. The molecule has 178 valence electrons. The Morgan fingerprint density at radius 1 is 1.12 bits per heavy atom. The largest absolute Gasteiger partial charge is 0.405 e. The monoisotopic (exact) mass is 480 g/mol. The molecule has 0 spiro atoms. The number of halogens is 5. The van der Waals surface area contributed by atoms with Gasteiger partial charge in [0, 0.05) is 11.6 Å². The Morgan fingerprint density at radius 3 is 2.50 bits per heavy atom. The highest BCUT2D eigenvalue weighted by Gasteiger charge is 2.28. The fourth-order valence-electron chi connectivity index (χ4n) is 2.78. The average Bonchev–Trinajstić information content (AvgIpc) is 3.45. The Labute approximate surface area is 189 Å². The van der Waals surface area contributed by atoms with Crippen molar-refractivity contribution in [1.82, 2.24) is 24.9 Å². The van der Waals surface area contributed by atoms with Crippen molar-refractivity contribution in [3.05, 3.63) is 66.1 Å². The van der Waals surface area contributed by atoms with Crippen molar-refractivity contribution in [1.29, 1.82) is 0 Å². The maximum atomic E-state index is 14.1. The quantitative estimate of drug-likeness (QED) is 0.321. The van der Waals surface area contributed by atoms with Gasteiger partial charge in [0.05, 0.1) is 18.4 Å². The van der Waals surface area contributed by atoms with Gasteiger partial charge in [-0.25, -0.2) is 18.7 Å². The lowest BCUT2D eigenvalue weighted by molar-refractivity contribution is -0.115. The first-order valence-corrected chi connectivity index (χ1v) is 9.67. The summed E-state index contributed by atoms with van der Waals surface area (Å²) in [6.45, 7) is 0.00152. The molecule has 0 saturated carbocycles. The number of aromatic nitrogens is 5. The third-order valence-electron chi connectivity index (χ3n) is 4.19. The molecule has 34 heavy (non-hydrogen) atoms. The van der Waals surface area contributed by atoms with Gasteiger partial charge in [0.15, 0.2) is 17.5 Å². The van der Waals surface area contributed by atoms with Crippen LogP contribution in [0.4, 0.5) is 27.8 Å². The van der Waals surface area contributed by atoms with Crippen LogP contribution in [0.1, 0.15) is 12.5 Å². The van der Waals surface area contributed by atoms with E-state index < -0.39 is 30.2 Å². The second kappa shape index (κ2) is 10.6. The summed E-state index contributed by atoms with van der Waals surface area (Å²) in [4.78, 5) is 16.4. The fraction of sp³-hybridized carbons (Fsp3) is 0.190. The molecular formula is C21H17F5N6O2. The first-order valence-electron chi connectivity index (χ1n) is 9.67. The number of benzene rings is 1. The topological polar surface area (TPSA) is 98.7 Å². The Bertz CT molecular complexity index is 1240. The van der Waals surface area contributed by atoms with E-state index in [1.807, 2.05) is 5.32 Å². The number of nitrogens with one attached hydrogen (secondary N) is 1. The molecule has 8 nitrogen and oxygen atoms in total. The molecule has 3 heterocycles. The minimum atomic E-state index is -4.56. The second-order valence-electron chi connectivity index (χ2n) is 6.64. The number of carbonyl (C=O) groups is 1. The van der Waals surface area contributed by atoms with Gasteiger partial charge in [-0.1, -0.05) is 23.4 Å². The van der Waals surface area contributed by atoms with Gasteiger partial charge in [-0.15, -0.1) is 0 Å². The van der Waals surface area contributed by atoms with Crippen LogP contribution in [0.3, 0.4) is 0 Å². The van der Waals surface area contributed by atoms with Crippen molar-refractivity contribution >= 4 is 12.1 Å². The molecule has 0 aliphatic heterocycles. The van der Waals surface area contributed by atoms with Crippen LogP contribution in [-0.4, -0.2) is 43.9 Å². The number of carbonyl (C=O) groups excluding carboxylic acids is 1. The lowest BCUT2D eigenvalue weighted by Crippen LogP contribution is -2.22. The van der Waals surface area contributed by atoms with Crippen molar-refractivity contribution in [3.8, 4) is 22.9 Å². The molecule has 0 atom stereocenters. The van der Waals surface area contributed by atoms with Crippen LogP contribution in [0.5, 0.6) is 0 Å². The van der Waals surface area contributed by atoms with Gasteiger partial charge >= 0.3 is 6.18 Å². The summed E-state index contributed by atoms with van der Waals surface area (Å²) in [5.74, 6) is -2.23. The van der Waals surface area contributed by atoms with E-state index in [0.717, 1.165) is 12.5 Å². The number of hydrogen-bond donors (Lipinski definition) is 1. The number of alkyl halides is 3. The maximum Gasteiger partial charge on any atom is 0.405 e. The predicted octanol–water partition coefficient (Wildman–Crippen LogP) is 4.50. The van der Waals surface area contributed by atoms with E-state index in [2.05, 4.69) is 20.2 Å². The van der Waals surface area contributed by atoms with Gasteiger partial charge in [-0.2, -0.15) is 18.3 Å². The van der Waals surface area contributed by atoms with Gasteiger partial charge in [0.2, 0.25) is 0 Å². The van der Waals surface area contributed by atoms with E-state index in [0.29, 0.717) is 17.0 Å². The highest BCUT2D eigenvalue weighted by Crippen LogP contribution is 2.26. The molecule has 3 aromatic heterocycles. The van der Waals surface area contributed by atoms with Crippen LogP contribution >= 0.6 is 0 Å². The lowest BCUT2D eigenvalue weighted by atomic mass is 10.2. The van der Waals surface area contributed by atoms with E-state index in [4.69, 9.17) is 9.32 Å². The van der Waals surface area contributed by atoms with Crippen LogP contribution in [0.25, 0.3) is 22.9 Å². The third kappa shape index (κ3) is 6.21. The molecule has 0 radical (unpaired) electrons. The summed E-state index contributed by atoms with van der Waals surface area (Å²) in [7, 11) is 0. The summed E-state index contributed by atoms with van der Waals surface area (Å²) in [5.41, 5.74) is 1.27. The third-order valence-corrected chi connectivity index (χ3v) is 4.19. The molecule has 0 amide bonds. The van der Waals surface area contributed by atoms with E-state index in [-0.39, 0.29) is 18.1 Å². The number of aldehydes is 1. The zero-order valence-electron chi connectivity index (χ0n) is 17.6. The van der Waals surface area contributed by atoms with Crippen LogP contribution in [0, 0.1) is 11.6 Å². The van der Waals surface area contributed by atoms with Gasteiger partial charge in [0.25, 0.3) is 0 Å². The van der Waals surface area contributed by atoms with Crippen molar-refractivity contribution in [2.24, 2.45) is 0 Å². The van der Waals surface area contributed by atoms with E-state index in [1.165, 1.54) is 30.0 Å². The van der Waals surface area contributed by atoms with Gasteiger partial charge in [-0.3, -0.25) is 4.68 Å². The highest BCUT2D eigenvalue weighted by molar-refractivity contribution is 5.63. The molecule has 0 aliphatic carbocycles. The van der Waals surface area contributed by atoms with E-state index in [9.17, 15) is 22.0 Å². The van der Waals surface area contributed by atoms with Crippen molar-refractivity contribution < 1.29 is 31.3 Å². The predicted molar refractivity (Wildman–Crippen MR) is 110 cm³/mol. The number of rotatable bonds is 6. The molecular weight excluding hydrogens is 463 g/mol. The van der Waals surface area contributed by atoms with E-state index in [1.54, 1.807) is 24.3 Å². The number of nitrogens with zero attached hydrogens (tertiary/aromatic N) is 5. The first-order chi connectivity index (χ1) is 16.2. The molecule has 1 aromatic carbocycles. The molecule has 13 heteroatoms. The zero-order chi connectivity index (χ0) is 24.7. The zero-order valence-corrected chi connectivity index (χ0v) is 17.6. The summed E-state index contributed by atoms with van der Waals surface area (Å²) in [5, 5.41) is 10.1. The smallest absolute Gasteiger partial charge is 0.364 e. The van der Waals surface area contributed by atoms with Crippen LogP contribution in [0.2, 0.25) is 0 Å². The Morgan fingerprint density at radius 2 is 1.85 bits per heavy atom. The van der Waals surface area contributed by atoms with Crippen molar-refractivity contribution in [2.45, 2.75) is 19.6 Å². The average molecular weight is 480 g/mol.